The number of hydrogen-bond acceptors (Lipinski definition) is 2. The normalized spacial score (nSPS) is 20.3. The van der Waals surface area contributed by atoms with Gasteiger partial charge in [0, 0.05) is 41.5 Å². The van der Waals surface area contributed by atoms with Crippen molar-refractivity contribution in [2.24, 2.45) is 11.8 Å². The number of fused-ring (bicyclic) bond motifs is 1. The summed E-state index contributed by atoms with van der Waals surface area (Å²) < 4.78 is 0. The average molecular weight is 355 g/mol. The van der Waals surface area contributed by atoms with E-state index in [9.17, 15) is 9.59 Å². The summed E-state index contributed by atoms with van der Waals surface area (Å²) in [6.45, 7) is 4.60. The highest BCUT2D eigenvalue weighted by molar-refractivity contribution is 5.83. The van der Waals surface area contributed by atoms with Gasteiger partial charge in [0.1, 0.15) is 0 Å². The third-order valence-corrected chi connectivity index (χ3v) is 5.27. The molecule has 0 atom stereocenters. The van der Waals surface area contributed by atoms with Gasteiger partial charge in [-0.2, -0.15) is 0 Å². The van der Waals surface area contributed by atoms with Crippen LogP contribution in [0.3, 0.4) is 0 Å². The van der Waals surface area contributed by atoms with Crippen LogP contribution in [-0.2, 0) is 16.0 Å². The molecule has 1 aliphatic carbocycles. The molecular weight excluding hydrogens is 326 g/mol. The molecule has 2 aromatic rings. The minimum absolute atomic E-state index is 0.0427. The Morgan fingerprint density at radius 1 is 1.08 bits per heavy atom. The fraction of sp³-hybridized carbons (Fsp3) is 0.524. The molecule has 0 spiro atoms. The molecular formula is C21H29N3O2. The van der Waals surface area contributed by atoms with Crippen LogP contribution in [0.25, 0.3) is 10.9 Å². The van der Waals surface area contributed by atoms with Crippen LogP contribution in [-0.4, -0.2) is 29.4 Å². The average Bonchev–Trinajstić information content (AvgIpc) is 3.04. The number of benzene rings is 1. The molecule has 1 aromatic carbocycles. The number of rotatable bonds is 6. The van der Waals surface area contributed by atoms with Gasteiger partial charge in [-0.25, -0.2) is 0 Å². The standard InChI is InChI=1S/C21H29N3O2/c1-14(2)24-21(26)16-9-7-15(8-10-16)20(25)22-12-11-17-13-23-19-6-4-3-5-18(17)19/h3-6,13-16,23H,7-12H2,1-2H3,(H,22,25)(H,24,26). The van der Waals surface area contributed by atoms with Crippen molar-refractivity contribution >= 4 is 22.7 Å². The number of carbonyl (C=O) groups is 2. The molecule has 5 nitrogen and oxygen atoms in total. The van der Waals surface area contributed by atoms with E-state index in [1.54, 1.807) is 0 Å². The van der Waals surface area contributed by atoms with E-state index < -0.39 is 0 Å². The van der Waals surface area contributed by atoms with Crippen molar-refractivity contribution in [1.29, 1.82) is 0 Å². The number of aromatic amines is 1. The summed E-state index contributed by atoms with van der Waals surface area (Å²) in [4.78, 5) is 27.8. The third kappa shape index (κ3) is 4.45. The second-order valence-electron chi connectivity index (χ2n) is 7.61. The molecule has 1 aliphatic rings. The van der Waals surface area contributed by atoms with E-state index in [-0.39, 0.29) is 29.7 Å². The molecule has 1 fully saturated rings. The van der Waals surface area contributed by atoms with Crippen LogP contribution < -0.4 is 10.6 Å². The van der Waals surface area contributed by atoms with Crippen LogP contribution in [0.1, 0.15) is 45.1 Å². The highest BCUT2D eigenvalue weighted by Crippen LogP contribution is 2.29. The van der Waals surface area contributed by atoms with Crippen LogP contribution in [0.15, 0.2) is 30.5 Å². The van der Waals surface area contributed by atoms with Gasteiger partial charge in [0.25, 0.3) is 0 Å². The minimum atomic E-state index is 0.0427. The lowest BCUT2D eigenvalue weighted by atomic mass is 9.81. The van der Waals surface area contributed by atoms with Gasteiger partial charge >= 0.3 is 0 Å². The first-order chi connectivity index (χ1) is 12.5. The Labute approximate surface area is 154 Å². The first-order valence-electron chi connectivity index (χ1n) is 9.67. The van der Waals surface area contributed by atoms with Gasteiger partial charge in [-0.05, 0) is 57.6 Å². The van der Waals surface area contributed by atoms with Crippen LogP contribution in [0, 0.1) is 11.8 Å². The Bertz CT molecular complexity index is 757. The van der Waals surface area contributed by atoms with Crippen molar-refractivity contribution in [3.63, 3.8) is 0 Å². The fourth-order valence-corrected chi connectivity index (χ4v) is 3.82. The SMILES string of the molecule is CC(C)NC(=O)C1CCC(C(=O)NCCc2c[nH]c3ccccc23)CC1. The van der Waals surface area contributed by atoms with Crippen molar-refractivity contribution in [3.8, 4) is 0 Å². The molecule has 1 aromatic heterocycles. The molecule has 140 valence electrons. The molecule has 1 saturated carbocycles. The van der Waals surface area contributed by atoms with Crippen molar-refractivity contribution in [2.75, 3.05) is 6.54 Å². The molecule has 3 rings (SSSR count). The molecule has 0 unspecified atom stereocenters. The molecule has 0 bridgehead atoms. The molecule has 5 heteroatoms. The van der Waals surface area contributed by atoms with Gasteiger partial charge in [-0.1, -0.05) is 18.2 Å². The summed E-state index contributed by atoms with van der Waals surface area (Å²) in [7, 11) is 0. The Morgan fingerprint density at radius 3 is 2.42 bits per heavy atom. The van der Waals surface area contributed by atoms with Gasteiger partial charge in [0.05, 0.1) is 0 Å². The van der Waals surface area contributed by atoms with Gasteiger partial charge in [-0.3, -0.25) is 9.59 Å². The zero-order valence-electron chi connectivity index (χ0n) is 15.7. The quantitative estimate of drug-likeness (QED) is 0.745. The van der Waals surface area contributed by atoms with Crippen LogP contribution >= 0.6 is 0 Å². The maximum Gasteiger partial charge on any atom is 0.223 e. The summed E-state index contributed by atoms with van der Waals surface area (Å²) in [5.74, 6) is 0.375. The largest absolute Gasteiger partial charge is 0.361 e. The Balaban J connectivity index is 1.43. The van der Waals surface area contributed by atoms with Crippen molar-refractivity contribution in [1.82, 2.24) is 15.6 Å². The molecule has 3 N–H and O–H groups in total. The van der Waals surface area contributed by atoms with E-state index in [1.807, 2.05) is 32.2 Å². The lowest BCUT2D eigenvalue weighted by Crippen LogP contribution is -2.39. The van der Waals surface area contributed by atoms with Crippen LogP contribution in [0.2, 0.25) is 0 Å². The predicted octanol–water partition coefficient (Wildman–Crippen LogP) is 3.16. The smallest absolute Gasteiger partial charge is 0.223 e. The third-order valence-electron chi connectivity index (χ3n) is 5.27. The number of aromatic nitrogens is 1. The number of hydrogen-bond donors (Lipinski definition) is 3. The molecule has 0 saturated heterocycles. The molecule has 0 aliphatic heterocycles. The number of H-pyrrole nitrogens is 1. The Morgan fingerprint density at radius 2 is 1.73 bits per heavy atom. The topological polar surface area (TPSA) is 74.0 Å². The predicted molar refractivity (Wildman–Crippen MR) is 104 cm³/mol. The molecule has 26 heavy (non-hydrogen) atoms. The van der Waals surface area contributed by atoms with Crippen LogP contribution in [0.5, 0.6) is 0 Å². The van der Waals surface area contributed by atoms with Crippen LogP contribution in [0.4, 0.5) is 0 Å². The molecule has 0 radical (unpaired) electrons. The van der Waals surface area contributed by atoms with E-state index in [4.69, 9.17) is 0 Å². The van der Waals surface area contributed by atoms with Gasteiger partial charge < -0.3 is 15.6 Å². The highest BCUT2D eigenvalue weighted by Gasteiger charge is 2.29. The number of para-hydroxylation sites is 1. The lowest BCUT2D eigenvalue weighted by Gasteiger charge is -2.27. The highest BCUT2D eigenvalue weighted by atomic mass is 16.2. The van der Waals surface area contributed by atoms with E-state index in [0.29, 0.717) is 6.54 Å². The van der Waals surface area contributed by atoms with Gasteiger partial charge in [-0.15, -0.1) is 0 Å². The first kappa shape index (κ1) is 18.5. The van der Waals surface area contributed by atoms with E-state index >= 15 is 0 Å². The maximum atomic E-state index is 12.4. The summed E-state index contributed by atoms with van der Waals surface area (Å²) in [5.41, 5.74) is 2.36. The first-order valence-corrected chi connectivity index (χ1v) is 9.67. The zero-order valence-corrected chi connectivity index (χ0v) is 15.7. The lowest BCUT2D eigenvalue weighted by molar-refractivity contribution is -0.130. The van der Waals surface area contributed by atoms with E-state index in [0.717, 1.165) is 37.6 Å². The van der Waals surface area contributed by atoms with Gasteiger partial charge in [0.15, 0.2) is 0 Å². The Hall–Kier alpha value is -2.30. The second kappa shape index (κ2) is 8.39. The second-order valence-corrected chi connectivity index (χ2v) is 7.61. The minimum Gasteiger partial charge on any atom is -0.361 e. The molecule has 2 amide bonds. The van der Waals surface area contributed by atoms with Crippen molar-refractivity contribution in [3.05, 3.63) is 36.0 Å². The maximum absolute atomic E-state index is 12.4. The summed E-state index contributed by atoms with van der Waals surface area (Å²) in [6, 6.07) is 8.39. The zero-order chi connectivity index (χ0) is 18.5. The van der Waals surface area contributed by atoms with Crippen molar-refractivity contribution in [2.45, 2.75) is 52.0 Å². The Kier molecular flexibility index (Phi) is 5.96. The molecule has 1 heterocycles. The summed E-state index contributed by atoms with van der Waals surface area (Å²) in [6.07, 6.45) is 6.06. The van der Waals surface area contributed by atoms with E-state index in [2.05, 4.69) is 27.8 Å². The summed E-state index contributed by atoms with van der Waals surface area (Å²) in [5, 5.41) is 7.28. The number of nitrogens with one attached hydrogen (secondary N) is 3. The number of carbonyl (C=O) groups excluding carboxylic acids is 2. The van der Waals surface area contributed by atoms with Gasteiger partial charge in [0.2, 0.25) is 11.8 Å². The summed E-state index contributed by atoms with van der Waals surface area (Å²) >= 11 is 0. The van der Waals surface area contributed by atoms with Crippen molar-refractivity contribution < 1.29 is 9.59 Å². The monoisotopic (exact) mass is 355 g/mol. The van der Waals surface area contributed by atoms with E-state index in [1.165, 1.54) is 10.9 Å². The number of amides is 2. The fourth-order valence-electron chi connectivity index (χ4n) is 3.82.